The largest absolute Gasteiger partial charge is 0.398 e. The first-order valence-electron chi connectivity index (χ1n) is 7.24. The number of rotatable bonds is 6. The molecule has 0 saturated carbocycles. The predicted molar refractivity (Wildman–Crippen MR) is 87.2 cm³/mol. The summed E-state index contributed by atoms with van der Waals surface area (Å²) in [5, 5.41) is 0. The second-order valence-electron chi connectivity index (χ2n) is 5.57. The fourth-order valence-corrected chi connectivity index (χ4v) is 2.32. The molecular weight excluding hydrogens is 262 g/mol. The van der Waals surface area contributed by atoms with Crippen LogP contribution in [0, 0.1) is 6.92 Å². The van der Waals surface area contributed by atoms with Gasteiger partial charge in [-0.15, -0.1) is 0 Å². The van der Waals surface area contributed by atoms with Crippen LogP contribution in [-0.2, 0) is 13.1 Å². The Hall–Kier alpha value is -2.07. The van der Waals surface area contributed by atoms with Crippen LogP contribution in [-0.4, -0.2) is 23.1 Å². The van der Waals surface area contributed by atoms with Crippen molar-refractivity contribution < 1.29 is 0 Å². The van der Waals surface area contributed by atoms with E-state index in [1.165, 1.54) is 17.2 Å². The van der Waals surface area contributed by atoms with Crippen LogP contribution < -0.4 is 11.3 Å². The molecule has 2 rings (SSSR count). The normalized spacial score (nSPS) is 11.0. The zero-order valence-electron chi connectivity index (χ0n) is 12.7. The van der Waals surface area contributed by atoms with Gasteiger partial charge >= 0.3 is 0 Å². The Bertz CT molecular complexity index is 631. The highest BCUT2D eigenvalue weighted by molar-refractivity contribution is 5.33. The van der Waals surface area contributed by atoms with Crippen molar-refractivity contribution in [1.29, 1.82) is 0 Å². The molecule has 4 heteroatoms. The highest BCUT2D eigenvalue weighted by atomic mass is 16.1. The molecule has 0 fully saturated rings. The summed E-state index contributed by atoms with van der Waals surface area (Å²) >= 11 is 0. The molecule has 0 aliphatic heterocycles. The van der Waals surface area contributed by atoms with E-state index in [4.69, 9.17) is 5.73 Å². The summed E-state index contributed by atoms with van der Waals surface area (Å²) in [6.45, 7) is 4.65. The minimum absolute atomic E-state index is 0.00499. The van der Waals surface area contributed by atoms with Crippen LogP contribution in [0.5, 0.6) is 0 Å². The lowest BCUT2D eigenvalue weighted by Crippen LogP contribution is -2.24. The number of nitrogen functional groups attached to an aromatic ring is 1. The van der Waals surface area contributed by atoms with Gasteiger partial charge in [0.2, 0.25) is 0 Å². The number of nitrogens with two attached hydrogens (primary N) is 1. The van der Waals surface area contributed by atoms with Crippen molar-refractivity contribution in [1.82, 2.24) is 9.47 Å². The first-order chi connectivity index (χ1) is 10.0. The van der Waals surface area contributed by atoms with Crippen LogP contribution in [0.15, 0.2) is 47.4 Å². The van der Waals surface area contributed by atoms with E-state index in [1.54, 1.807) is 16.8 Å². The standard InChI is InChI=1S/C17H23N3O/c1-14-4-6-15(7-5-14)12-19(2)10-3-11-20-13-16(18)8-9-17(20)21/h4-9,13H,3,10-12,18H2,1-2H3. The fourth-order valence-electron chi connectivity index (χ4n) is 2.32. The summed E-state index contributed by atoms with van der Waals surface area (Å²) in [5.74, 6) is 0. The number of anilines is 1. The zero-order valence-corrected chi connectivity index (χ0v) is 12.7. The smallest absolute Gasteiger partial charge is 0.250 e. The third-order valence-corrected chi connectivity index (χ3v) is 3.52. The first-order valence-corrected chi connectivity index (χ1v) is 7.24. The summed E-state index contributed by atoms with van der Waals surface area (Å²) in [5.41, 5.74) is 8.93. The monoisotopic (exact) mass is 285 g/mol. The molecule has 2 aromatic rings. The Labute approximate surface area is 125 Å². The second-order valence-corrected chi connectivity index (χ2v) is 5.57. The van der Waals surface area contributed by atoms with E-state index < -0.39 is 0 Å². The molecule has 2 N–H and O–H groups in total. The highest BCUT2D eigenvalue weighted by Crippen LogP contribution is 2.06. The van der Waals surface area contributed by atoms with E-state index in [0.29, 0.717) is 12.2 Å². The van der Waals surface area contributed by atoms with Crippen molar-refractivity contribution in [3.05, 3.63) is 64.1 Å². The van der Waals surface area contributed by atoms with Crippen molar-refractivity contribution >= 4 is 5.69 Å². The van der Waals surface area contributed by atoms with E-state index in [1.807, 2.05) is 0 Å². The molecule has 1 heterocycles. The third-order valence-electron chi connectivity index (χ3n) is 3.52. The van der Waals surface area contributed by atoms with Crippen LogP contribution >= 0.6 is 0 Å². The van der Waals surface area contributed by atoms with Crippen molar-refractivity contribution in [2.75, 3.05) is 19.3 Å². The van der Waals surface area contributed by atoms with Gasteiger partial charge in [0.15, 0.2) is 0 Å². The maximum Gasteiger partial charge on any atom is 0.250 e. The minimum Gasteiger partial charge on any atom is -0.398 e. The number of aromatic nitrogens is 1. The van der Waals surface area contributed by atoms with Gasteiger partial charge < -0.3 is 15.2 Å². The van der Waals surface area contributed by atoms with E-state index in [-0.39, 0.29) is 5.56 Å². The van der Waals surface area contributed by atoms with Crippen LogP contribution in [0.3, 0.4) is 0 Å². The minimum atomic E-state index is 0.00499. The summed E-state index contributed by atoms with van der Waals surface area (Å²) in [4.78, 5) is 13.9. The number of pyridine rings is 1. The Morgan fingerprint density at radius 3 is 2.57 bits per heavy atom. The van der Waals surface area contributed by atoms with Gasteiger partial charge in [0.25, 0.3) is 5.56 Å². The van der Waals surface area contributed by atoms with E-state index in [0.717, 1.165) is 19.5 Å². The summed E-state index contributed by atoms with van der Waals surface area (Å²) < 4.78 is 1.68. The molecule has 4 nitrogen and oxygen atoms in total. The van der Waals surface area contributed by atoms with E-state index in [9.17, 15) is 4.79 Å². The van der Waals surface area contributed by atoms with Gasteiger partial charge in [-0.25, -0.2) is 0 Å². The topological polar surface area (TPSA) is 51.3 Å². The predicted octanol–water partition coefficient (Wildman–Crippen LogP) is 2.26. The van der Waals surface area contributed by atoms with Crippen LogP contribution in [0.1, 0.15) is 17.5 Å². The van der Waals surface area contributed by atoms with E-state index in [2.05, 4.69) is 43.1 Å². The number of aryl methyl sites for hydroxylation is 2. The molecule has 0 radical (unpaired) electrons. The van der Waals surface area contributed by atoms with Gasteiger partial charge in [-0.3, -0.25) is 4.79 Å². The van der Waals surface area contributed by atoms with Gasteiger partial charge in [-0.1, -0.05) is 29.8 Å². The summed E-state index contributed by atoms with van der Waals surface area (Å²) in [6, 6.07) is 11.8. The molecule has 0 saturated heterocycles. The molecule has 0 bridgehead atoms. The maximum absolute atomic E-state index is 11.7. The van der Waals surface area contributed by atoms with Crippen molar-refractivity contribution in [3.8, 4) is 0 Å². The Balaban J connectivity index is 1.81. The molecule has 1 aromatic heterocycles. The summed E-state index contributed by atoms with van der Waals surface area (Å²) in [6.07, 6.45) is 2.63. The lowest BCUT2D eigenvalue weighted by atomic mass is 10.1. The van der Waals surface area contributed by atoms with Gasteiger partial charge in [0.1, 0.15) is 0 Å². The molecule has 1 aromatic carbocycles. The molecule has 0 aliphatic carbocycles. The van der Waals surface area contributed by atoms with E-state index >= 15 is 0 Å². The van der Waals surface area contributed by atoms with Crippen molar-refractivity contribution in [2.45, 2.75) is 26.4 Å². The molecule has 0 spiro atoms. The van der Waals surface area contributed by atoms with Gasteiger partial charge in [0.05, 0.1) is 0 Å². The maximum atomic E-state index is 11.7. The van der Waals surface area contributed by atoms with Crippen molar-refractivity contribution in [3.63, 3.8) is 0 Å². The van der Waals surface area contributed by atoms with Crippen LogP contribution in [0.2, 0.25) is 0 Å². The summed E-state index contributed by atoms with van der Waals surface area (Å²) in [7, 11) is 2.10. The Kier molecular flexibility index (Phi) is 5.17. The zero-order chi connectivity index (χ0) is 15.2. The quantitative estimate of drug-likeness (QED) is 0.885. The highest BCUT2D eigenvalue weighted by Gasteiger charge is 2.02. The number of benzene rings is 1. The van der Waals surface area contributed by atoms with Crippen LogP contribution in [0.25, 0.3) is 0 Å². The molecule has 0 amide bonds. The number of hydrogen-bond donors (Lipinski definition) is 1. The molecule has 0 unspecified atom stereocenters. The fraction of sp³-hybridized carbons (Fsp3) is 0.353. The SMILES string of the molecule is Cc1ccc(CN(C)CCCn2cc(N)ccc2=O)cc1. The van der Waals surface area contributed by atoms with Crippen molar-refractivity contribution in [2.24, 2.45) is 0 Å². The molecule has 0 atom stereocenters. The Morgan fingerprint density at radius 1 is 1.14 bits per heavy atom. The molecular formula is C17H23N3O. The molecule has 0 aliphatic rings. The number of hydrogen-bond acceptors (Lipinski definition) is 3. The lowest BCUT2D eigenvalue weighted by Gasteiger charge is -2.17. The Morgan fingerprint density at radius 2 is 1.86 bits per heavy atom. The average molecular weight is 285 g/mol. The van der Waals surface area contributed by atoms with Crippen LogP contribution in [0.4, 0.5) is 5.69 Å². The third kappa shape index (κ3) is 4.76. The molecule has 112 valence electrons. The number of nitrogens with zero attached hydrogens (tertiary/aromatic N) is 2. The van der Waals surface area contributed by atoms with Gasteiger partial charge in [0, 0.05) is 31.0 Å². The lowest BCUT2D eigenvalue weighted by molar-refractivity contribution is 0.313. The first kappa shape index (κ1) is 15.3. The van der Waals surface area contributed by atoms with Gasteiger partial charge in [-0.2, -0.15) is 0 Å². The average Bonchev–Trinajstić information content (AvgIpc) is 2.45. The van der Waals surface area contributed by atoms with Gasteiger partial charge in [-0.05, 0) is 38.6 Å². The second kappa shape index (κ2) is 7.09. The molecule has 21 heavy (non-hydrogen) atoms.